The highest BCUT2D eigenvalue weighted by Crippen LogP contribution is 2.01. The van der Waals surface area contributed by atoms with Crippen LogP contribution >= 0.6 is 0 Å². The van der Waals surface area contributed by atoms with Crippen molar-refractivity contribution in [1.29, 1.82) is 0 Å². The summed E-state index contributed by atoms with van der Waals surface area (Å²) in [5.74, 6) is 0. The van der Waals surface area contributed by atoms with Crippen molar-refractivity contribution in [2.45, 2.75) is 13.8 Å². The van der Waals surface area contributed by atoms with Crippen LogP contribution in [0.5, 0.6) is 0 Å². The Bertz CT molecular complexity index is 174. The summed E-state index contributed by atoms with van der Waals surface area (Å²) in [6, 6.07) is -0.213. The molecule has 0 aliphatic heterocycles. The van der Waals surface area contributed by atoms with Gasteiger partial charge in [-0.15, -0.1) is 0 Å². The van der Waals surface area contributed by atoms with E-state index in [0.29, 0.717) is 13.1 Å². The first-order valence-corrected chi connectivity index (χ1v) is 4.02. The predicted octanol–water partition coefficient (Wildman–Crippen LogP) is 0.592. The van der Waals surface area contributed by atoms with Gasteiger partial charge < -0.3 is 0 Å². The van der Waals surface area contributed by atoms with Crippen LogP contribution in [0.4, 0.5) is 4.79 Å². The van der Waals surface area contributed by atoms with Crippen LogP contribution in [0.15, 0.2) is 0 Å². The molecule has 0 unspecified atom stereocenters. The summed E-state index contributed by atoms with van der Waals surface area (Å²) in [5.41, 5.74) is 0. The van der Waals surface area contributed by atoms with Crippen LogP contribution in [0, 0.1) is 0 Å². The van der Waals surface area contributed by atoms with E-state index in [4.69, 9.17) is 0 Å². The second kappa shape index (κ2) is 4.21. The van der Waals surface area contributed by atoms with Crippen LogP contribution in [0.1, 0.15) is 13.8 Å². The lowest BCUT2D eigenvalue weighted by molar-refractivity contribution is -0.713. The fourth-order valence-electron chi connectivity index (χ4n) is 0.887. The Morgan fingerprint density at radius 1 is 1.33 bits per heavy atom. The molecule has 0 aromatic rings. The maximum absolute atomic E-state index is 11.5. The topological polar surface area (TPSA) is 37.4 Å². The standard InChI is InChI=1S/C8H16N2O2/c1-5-9(6-2)8(12)10(3,4)7-11/h5-6H2,1-4H3/q+1. The number of imide groups is 1. The molecular weight excluding hydrogens is 156 g/mol. The molecule has 0 aromatic heterocycles. The first-order chi connectivity index (χ1) is 5.49. The average Bonchev–Trinajstić information content (AvgIpc) is 2.06. The van der Waals surface area contributed by atoms with E-state index in [1.807, 2.05) is 13.8 Å². The van der Waals surface area contributed by atoms with Gasteiger partial charge in [-0.25, -0.2) is 9.59 Å². The van der Waals surface area contributed by atoms with Gasteiger partial charge in [0.05, 0.1) is 14.1 Å². The molecule has 0 aliphatic carbocycles. The van der Waals surface area contributed by atoms with Gasteiger partial charge in [-0.1, -0.05) is 0 Å². The molecule has 0 saturated carbocycles. The zero-order valence-electron chi connectivity index (χ0n) is 8.13. The van der Waals surface area contributed by atoms with Gasteiger partial charge in [0, 0.05) is 13.1 Å². The number of rotatable bonds is 3. The molecule has 0 atom stereocenters. The maximum Gasteiger partial charge on any atom is 0.452 e. The van der Waals surface area contributed by atoms with Crippen LogP contribution < -0.4 is 0 Å². The molecule has 4 nitrogen and oxygen atoms in total. The predicted molar refractivity (Wildman–Crippen MR) is 46.1 cm³/mol. The van der Waals surface area contributed by atoms with E-state index in [1.54, 1.807) is 11.3 Å². The van der Waals surface area contributed by atoms with Gasteiger partial charge in [-0.2, -0.15) is 4.48 Å². The molecular formula is C8H16N2O2+. The van der Waals surface area contributed by atoms with Gasteiger partial charge in [0.2, 0.25) is 0 Å². The number of hydrogen-bond acceptors (Lipinski definition) is 2. The van der Waals surface area contributed by atoms with Crippen LogP contribution in [0.3, 0.4) is 0 Å². The molecule has 1 radical (unpaired) electrons. The molecule has 0 spiro atoms. The average molecular weight is 172 g/mol. The first-order valence-electron chi connectivity index (χ1n) is 4.02. The number of amides is 3. The first kappa shape index (κ1) is 11.1. The van der Waals surface area contributed by atoms with Crippen molar-refractivity contribution in [1.82, 2.24) is 4.90 Å². The van der Waals surface area contributed by atoms with E-state index in [9.17, 15) is 9.59 Å². The second-order valence-corrected chi connectivity index (χ2v) is 3.00. The van der Waals surface area contributed by atoms with Crippen molar-refractivity contribution in [3.05, 3.63) is 0 Å². The highest BCUT2D eigenvalue weighted by Gasteiger charge is 2.31. The lowest BCUT2D eigenvalue weighted by Crippen LogP contribution is -2.52. The van der Waals surface area contributed by atoms with E-state index in [2.05, 4.69) is 0 Å². The minimum Gasteiger partial charge on any atom is -0.293 e. The van der Waals surface area contributed by atoms with E-state index < -0.39 is 0 Å². The molecule has 3 amide bonds. The minimum absolute atomic E-state index is 0.213. The Balaban J connectivity index is 4.45. The van der Waals surface area contributed by atoms with Crippen molar-refractivity contribution < 1.29 is 14.1 Å². The molecule has 0 aliphatic rings. The highest BCUT2D eigenvalue weighted by atomic mass is 16.2. The van der Waals surface area contributed by atoms with Crippen molar-refractivity contribution in [2.75, 3.05) is 27.2 Å². The van der Waals surface area contributed by atoms with Gasteiger partial charge in [0.15, 0.2) is 0 Å². The van der Waals surface area contributed by atoms with E-state index in [0.717, 1.165) is 0 Å². The summed E-state index contributed by atoms with van der Waals surface area (Å²) in [4.78, 5) is 23.5. The Morgan fingerprint density at radius 3 is 2.00 bits per heavy atom. The monoisotopic (exact) mass is 172 g/mol. The molecule has 0 saturated heterocycles. The summed E-state index contributed by atoms with van der Waals surface area (Å²) in [5, 5.41) is 0. The summed E-state index contributed by atoms with van der Waals surface area (Å²) in [6.45, 7) is 5.01. The zero-order chi connectivity index (χ0) is 9.78. The van der Waals surface area contributed by atoms with Crippen molar-refractivity contribution in [3.63, 3.8) is 0 Å². The molecule has 4 heteroatoms. The summed E-state index contributed by atoms with van der Waals surface area (Å²) < 4.78 is -0.359. The lowest BCUT2D eigenvalue weighted by atomic mass is 10.5. The van der Waals surface area contributed by atoms with Gasteiger partial charge in [0.25, 0.3) is 0 Å². The molecule has 0 heterocycles. The molecule has 0 bridgehead atoms. The SMILES string of the molecule is CCN(CC)C(=O)[N+](C)(C)[C]=O. The molecule has 0 fully saturated rings. The fourth-order valence-corrected chi connectivity index (χ4v) is 0.887. The van der Waals surface area contributed by atoms with Gasteiger partial charge in [0.1, 0.15) is 0 Å². The zero-order valence-corrected chi connectivity index (χ0v) is 8.13. The van der Waals surface area contributed by atoms with Crippen LogP contribution in [-0.4, -0.2) is 49.0 Å². The third-order valence-corrected chi connectivity index (χ3v) is 1.74. The highest BCUT2D eigenvalue weighted by molar-refractivity contribution is 5.73. The Morgan fingerprint density at radius 2 is 1.75 bits per heavy atom. The molecule has 69 valence electrons. The third kappa shape index (κ3) is 2.30. The summed E-state index contributed by atoms with van der Waals surface area (Å²) >= 11 is 0. The quantitative estimate of drug-likeness (QED) is 0.584. The Kier molecular flexibility index (Phi) is 3.89. The largest absolute Gasteiger partial charge is 0.452 e. The maximum atomic E-state index is 11.5. The molecule has 12 heavy (non-hydrogen) atoms. The molecule has 0 rings (SSSR count). The van der Waals surface area contributed by atoms with Crippen LogP contribution in [0.25, 0.3) is 0 Å². The van der Waals surface area contributed by atoms with Gasteiger partial charge in [-0.3, -0.25) is 4.90 Å². The Labute approximate surface area is 73.3 Å². The third-order valence-electron chi connectivity index (χ3n) is 1.74. The van der Waals surface area contributed by atoms with Gasteiger partial charge >= 0.3 is 12.4 Å². The van der Waals surface area contributed by atoms with Crippen LogP contribution in [0.2, 0.25) is 0 Å². The number of nitrogens with zero attached hydrogens (tertiary/aromatic N) is 2. The summed E-state index contributed by atoms with van der Waals surface area (Å²) in [6.07, 6.45) is 1.69. The number of carbonyl (C=O) groups excluding carboxylic acids is 2. The molecule has 0 aromatic carbocycles. The number of hydrogen-bond donors (Lipinski definition) is 0. The number of urea groups is 1. The molecule has 0 N–H and O–H groups in total. The van der Waals surface area contributed by atoms with E-state index in [-0.39, 0.29) is 10.5 Å². The van der Waals surface area contributed by atoms with Gasteiger partial charge in [-0.05, 0) is 13.8 Å². The minimum atomic E-state index is -0.359. The number of carbonyl (C=O) groups is 1. The normalized spacial score (nSPS) is 11.0. The van der Waals surface area contributed by atoms with E-state index in [1.165, 1.54) is 14.1 Å². The van der Waals surface area contributed by atoms with E-state index >= 15 is 0 Å². The smallest absolute Gasteiger partial charge is 0.293 e. The summed E-state index contributed by atoms with van der Waals surface area (Å²) in [7, 11) is 3.04. The van der Waals surface area contributed by atoms with Crippen LogP contribution in [-0.2, 0) is 4.79 Å². The van der Waals surface area contributed by atoms with Crippen molar-refractivity contribution in [3.8, 4) is 0 Å². The van der Waals surface area contributed by atoms with Crippen molar-refractivity contribution in [2.24, 2.45) is 0 Å². The number of quaternary nitrogens is 1. The Hall–Kier alpha value is -0.900. The second-order valence-electron chi connectivity index (χ2n) is 3.00. The fraction of sp³-hybridized carbons (Fsp3) is 0.750. The lowest BCUT2D eigenvalue weighted by Gasteiger charge is -2.24. The van der Waals surface area contributed by atoms with Crippen molar-refractivity contribution >= 4 is 12.4 Å².